The number of benzene rings is 12. The van der Waals surface area contributed by atoms with Gasteiger partial charge in [-0.25, -0.2) is 0 Å². The molecule has 0 heterocycles. The Hall–Kier alpha value is -9.04. The highest BCUT2D eigenvalue weighted by Gasteiger charge is 2.41. The van der Waals surface area contributed by atoms with Gasteiger partial charge in [-0.3, -0.25) is 0 Å². The molecular weight excluding hydrogens is 891 g/mol. The molecule has 0 aliphatic heterocycles. The van der Waals surface area contributed by atoms with Crippen LogP contribution in [0.1, 0.15) is 48.6 Å². The van der Waals surface area contributed by atoms with Crippen LogP contribution in [0.25, 0.3) is 88.3 Å². The molecule has 2 aliphatic rings. The van der Waals surface area contributed by atoms with Crippen LogP contribution in [0, 0.1) is 0 Å². The van der Waals surface area contributed by atoms with E-state index < -0.39 is 0 Å². The number of hydrogen-bond acceptors (Lipinski definition) is 1. The summed E-state index contributed by atoms with van der Waals surface area (Å²) in [5.41, 5.74) is 24.7. The molecule has 0 radical (unpaired) electrons. The van der Waals surface area contributed by atoms with Gasteiger partial charge in [-0.05, 0) is 166 Å². The van der Waals surface area contributed by atoms with Gasteiger partial charge in [-0.15, -0.1) is 0 Å². The number of anilines is 3. The van der Waals surface area contributed by atoms with E-state index in [1.807, 2.05) is 0 Å². The minimum absolute atomic E-state index is 0.126. The van der Waals surface area contributed by atoms with Gasteiger partial charge in [0.1, 0.15) is 0 Å². The van der Waals surface area contributed by atoms with E-state index in [2.05, 4.69) is 293 Å². The maximum Gasteiger partial charge on any atom is 0.0467 e. The molecule has 1 unspecified atom stereocenters. The molecule has 1 atom stereocenters. The highest BCUT2D eigenvalue weighted by Crippen LogP contribution is 2.55. The Morgan fingerprint density at radius 1 is 0.270 bits per heavy atom. The van der Waals surface area contributed by atoms with Crippen molar-refractivity contribution in [3.05, 3.63) is 295 Å². The van der Waals surface area contributed by atoms with Crippen LogP contribution in [0.2, 0.25) is 0 Å². The average molecular weight is 944 g/mol. The zero-order valence-corrected chi connectivity index (χ0v) is 41.9. The van der Waals surface area contributed by atoms with Crippen molar-refractivity contribution in [2.24, 2.45) is 0 Å². The summed E-state index contributed by atoms with van der Waals surface area (Å²) in [6.45, 7) is 7.15. The predicted molar refractivity (Wildman–Crippen MR) is 313 cm³/mol. The minimum Gasteiger partial charge on any atom is -0.310 e. The summed E-state index contributed by atoms with van der Waals surface area (Å²) in [7, 11) is 0. The first-order valence-electron chi connectivity index (χ1n) is 26.0. The SMILES string of the molecule is CC1(C)c2ccccc2-c2cccc(-c3ccccc3-c3ccc(N(c4ccc(-c5ccc6c(c5)C(C)(c5ccccc5)c5ccccc5-6)cc4)c4cccc(-c5cccc6c5ccc5ccccc56)c4)cc3)c21. The Balaban J connectivity index is 0.875. The fraction of sp³-hybridized carbons (Fsp3) is 0.0685. The van der Waals surface area contributed by atoms with E-state index in [4.69, 9.17) is 0 Å². The number of rotatable bonds is 8. The van der Waals surface area contributed by atoms with Crippen LogP contribution in [0.5, 0.6) is 0 Å². The first kappa shape index (κ1) is 43.7. The smallest absolute Gasteiger partial charge is 0.0467 e. The van der Waals surface area contributed by atoms with Gasteiger partial charge in [0.2, 0.25) is 0 Å². The molecule has 0 amide bonds. The van der Waals surface area contributed by atoms with E-state index in [0.717, 1.165) is 17.1 Å². The quantitative estimate of drug-likeness (QED) is 0.137. The highest BCUT2D eigenvalue weighted by molar-refractivity contribution is 6.12. The second kappa shape index (κ2) is 17.0. The minimum atomic E-state index is -0.265. The number of fused-ring (bicyclic) bond motifs is 9. The molecule has 0 bridgehead atoms. The summed E-state index contributed by atoms with van der Waals surface area (Å²) < 4.78 is 0. The van der Waals surface area contributed by atoms with Gasteiger partial charge in [-0.2, -0.15) is 0 Å². The first-order valence-corrected chi connectivity index (χ1v) is 26.0. The molecule has 0 saturated heterocycles. The van der Waals surface area contributed by atoms with Gasteiger partial charge in [-0.1, -0.05) is 238 Å². The molecule has 12 aromatic carbocycles. The molecule has 74 heavy (non-hydrogen) atoms. The van der Waals surface area contributed by atoms with Crippen molar-refractivity contribution in [1.82, 2.24) is 0 Å². The summed E-state index contributed by atoms with van der Waals surface area (Å²) >= 11 is 0. The van der Waals surface area contributed by atoms with Crippen LogP contribution < -0.4 is 4.90 Å². The zero-order valence-electron chi connectivity index (χ0n) is 41.9. The van der Waals surface area contributed by atoms with Crippen molar-refractivity contribution in [3.63, 3.8) is 0 Å². The Morgan fingerprint density at radius 3 is 1.58 bits per heavy atom. The lowest BCUT2D eigenvalue weighted by atomic mass is 9.74. The van der Waals surface area contributed by atoms with E-state index in [1.165, 1.54) is 116 Å². The van der Waals surface area contributed by atoms with Crippen molar-refractivity contribution in [2.75, 3.05) is 4.90 Å². The lowest BCUT2D eigenvalue weighted by molar-refractivity contribution is 0.662. The molecule has 0 spiro atoms. The topological polar surface area (TPSA) is 3.24 Å². The molecular formula is C73H53N. The summed E-state index contributed by atoms with van der Waals surface area (Å²) in [4.78, 5) is 2.42. The van der Waals surface area contributed by atoms with Gasteiger partial charge in [0, 0.05) is 27.9 Å². The third-order valence-corrected chi connectivity index (χ3v) is 16.6. The van der Waals surface area contributed by atoms with E-state index in [1.54, 1.807) is 0 Å². The van der Waals surface area contributed by atoms with Crippen LogP contribution in [0.4, 0.5) is 17.1 Å². The lowest BCUT2D eigenvalue weighted by Gasteiger charge is -2.29. The molecule has 0 N–H and O–H groups in total. The van der Waals surface area contributed by atoms with Crippen LogP contribution in [-0.2, 0) is 10.8 Å². The molecule has 0 saturated carbocycles. The van der Waals surface area contributed by atoms with Gasteiger partial charge in [0.25, 0.3) is 0 Å². The van der Waals surface area contributed by atoms with Crippen LogP contribution in [0.3, 0.4) is 0 Å². The second-order valence-corrected chi connectivity index (χ2v) is 20.9. The van der Waals surface area contributed by atoms with E-state index >= 15 is 0 Å². The fourth-order valence-corrected chi connectivity index (χ4v) is 12.9. The summed E-state index contributed by atoms with van der Waals surface area (Å²) in [6.07, 6.45) is 0. The van der Waals surface area contributed by atoms with Crippen molar-refractivity contribution in [2.45, 2.75) is 31.6 Å². The lowest BCUT2D eigenvalue weighted by Crippen LogP contribution is -2.22. The molecule has 1 nitrogen and oxygen atoms in total. The molecule has 350 valence electrons. The second-order valence-electron chi connectivity index (χ2n) is 20.9. The third kappa shape index (κ3) is 6.77. The zero-order chi connectivity index (χ0) is 49.5. The number of hydrogen-bond donors (Lipinski definition) is 0. The normalized spacial score (nSPS) is 14.9. The molecule has 14 rings (SSSR count). The molecule has 2 aliphatic carbocycles. The van der Waals surface area contributed by atoms with Gasteiger partial charge in [0.15, 0.2) is 0 Å². The van der Waals surface area contributed by atoms with Gasteiger partial charge in [0.05, 0.1) is 0 Å². The Bertz CT molecular complexity index is 4160. The van der Waals surface area contributed by atoms with Gasteiger partial charge >= 0.3 is 0 Å². The maximum absolute atomic E-state index is 2.44. The average Bonchev–Trinajstić information content (AvgIpc) is 3.91. The third-order valence-electron chi connectivity index (χ3n) is 16.6. The molecule has 1 heteroatoms. The maximum atomic E-state index is 2.44. The Labute approximate surface area is 434 Å². The van der Waals surface area contributed by atoms with E-state index in [9.17, 15) is 0 Å². The fourth-order valence-electron chi connectivity index (χ4n) is 12.9. The summed E-state index contributed by atoms with van der Waals surface area (Å²) in [5, 5.41) is 5.04. The predicted octanol–water partition coefficient (Wildman–Crippen LogP) is 19.8. The molecule has 0 fully saturated rings. The highest BCUT2D eigenvalue weighted by atomic mass is 15.1. The molecule has 0 aromatic heterocycles. The molecule has 12 aromatic rings. The largest absolute Gasteiger partial charge is 0.310 e. The van der Waals surface area contributed by atoms with E-state index in [-0.39, 0.29) is 10.8 Å². The van der Waals surface area contributed by atoms with E-state index in [0.29, 0.717) is 0 Å². The monoisotopic (exact) mass is 943 g/mol. The standard InChI is InChI=1S/C73H53N/c1-72(2)68-32-13-11-27-64(68)67-31-17-30-66(71(67)72)61-25-10-9-24-58(61)50-36-42-55(43-37-50)74(56-22-15-19-52(46-56)59-28-16-29-60-57-23-8-7-18-49(57)38-44-62(59)60)54-40-34-48(35-41-54)51-39-45-65-63-26-12-14-33-69(63)73(3,70(65)47-51)53-20-5-4-6-21-53/h4-47H,1-3H3. The van der Waals surface area contributed by atoms with Crippen molar-refractivity contribution in [1.29, 1.82) is 0 Å². The van der Waals surface area contributed by atoms with Crippen molar-refractivity contribution < 1.29 is 0 Å². The Morgan fingerprint density at radius 2 is 0.811 bits per heavy atom. The Kier molecular flexibility index (Phi) is 10.1. The van der Waals surface area contributed by atoms with Crippen LogP contribution >= 0.6 is 0 Å². The van der Waals surface area contributed by atoms with Gasteiger partial charge < -0.3 is 4.90 Å². The summed E-state index contributed by atoms with van der Waals surface area (Å²) in [5.74, 6) is 0. The first-order chi connectivity index (χ1) is 36.3. The van der Waals surface area contributed by atoms with Crippen molar-refractivity contribution >= 4 is 38.6 Å². The number of nitrogens with zero attached hydrogens (tertiary/aromatic N) is 1. The van der Waals surface area contributed by atoms with Crippen LogP contribution in [0.15, 0.2) is 267 Å². The van der Waals surface area contributed by atoms with Crippen LogP contribution in [-0.4, -0.2) is 0 Å². The van der Waals surface area contributed by atoms with Crippen molar-refractivity contribution in [3.8, 4) is 66.8 Å². The summed E-state index contributed by atoms with van der Waals surface area (Å²) in [6, 6.07) is 99.2.